The van der Waals surface area contributed by atoms with Crippen molar-refractivity contribution < 1.29 is 14.3 Å². The third-order valence-corrected chi connectivity index (χ3v) is 3.62. The van der Waals surface area contributed by atoms with Crippen molar-refractivity contribution in [3.05, 3.63) is 23.9 Å². The van der Waals surface area contributed by atoms with Crippen molar-refractivity contribution in [3.8, 4) is 5.88 Å². The molecule has 0 saturated carbocycles. The van der Waals surface area contributed by atoms with Gasteiger partial charge in [-0.1, -0.05) is 0 Å². The summed E-state index contributed by atoms with van der Waals surface area (Å²) in [7, 11) is 0. The highest BCUT2D eigenvalue weighted by Gasteiger charge is 2.29. The number of nitrogens with zero attached hydrogens (tertiary/aromatic N) is 2. The summed E-state index contributed by atoms with van der Waals surface area (Å²) >= 11 is 0. The van der Waals surface area contributed by atoms with E-state index in [4.69, 9.17) is 9.47 Å². The Morgan fingerprint density at radius 3 is 2.83 bits per heavy atom. The van der Waals surface area contributed by atoms with Crippen LogP contribution in [0.4, 0.5) is 4.79 Å². The van der Waals surface area contributed by atoms with E-state index in [1.54, 1.807) is 6.20 Å². The smallest absolute Gasteiger partial charge is 0.410 e. The lowest BCUT2D eigenvalue weighted by Gasteiger charge is -2.24. The molecule has 1 saturated heterocycles. The summed E-state index contributed by atoms with van der Waals surface area (Å²) in [6.45, 7) is 11.2. The molecule has 0 bridgehead atoms. The highest BCUT2D eigenvalue weighted by molar-refractivity contribution is 5.68. The molecule has 2 heterocycles. The summed E-state index contributed by atoms with van der Waals surface area (Å²) in [5.41, 5.74) is 0.760. The molecule has 1 aliphatic heterocycles. The maximum absolute atomic E-state index is 12.1. The van der Waals surface area contributed by atoms with Crippen LogP contribution in [0.25, 0.3) is 0 Å². The van der Waals surface area contributed by atoms with Gasteiger partial charge in [-0.25, -0.2) is 9.78 Å². The number of carbonyl (C=O) groups is 1. The van der Waals surface area contributed by atoms with Crippen LogP contribution in [0.5, 0.6) is 5.88 Å². The quantitative estimate of drug-likeness (QED) is 0.849. The van der Waals surface area contributed by atoms with Crippen LogP contribution in [0, 0.1) is 5.92 Å². The lowest BCUT2D eigenvalue weighted by atomic mass is 9.99. The fraction of sp³-hybridized carbons (Fsp3) is 0.667. The molecule has 1 aromatic heterocycles. The molecule has 0 N–H and O–H groups in total. The Labute approximate surface area is 139 Å². The van der Waals surface area contributed by atoms with Crippen molar-refractivity contribution in [2.75, 3.05) is 13.1 Å². The van der Waals surface area contributed by atoms with Crippen molar-refractivity contribution in [2.45, 2.75) is 59.2 Å². The van der Waals surface area contributed by atoms with Crippen LogP contribution in [0.2, 0.25) is 0 Å². The van der Waals surface area contributed by atoms with E-state index in [1.165, 1.54) is 5.56 Å². The third kappa shape index (κ3) is 5.73. The molecule has 5 heteroatoms. The predicted octanol–water partition coefficient (Wildman–Crippen LogP) is 3.67. The van der Waals surface area contributed by atoms with Crippen LogP contribution in [-0.4, -0.2) is 40.8 Å². The second-order valence-electron chi connectivity index (χ2n) is 7.45. The number of hydrogen-bond donors (Lipinski definition) is 0. The fourth-order valence-electron chi connectivity index (χ4n) is 2.71. The molecule has 0 unspecified atom stereocenters. The summed E-state index contributed by atoms with van der Waals surface area (Å²) in [5, 5.41) is 0. The Morgan fingerprint density at radius 1 is 1.43 bits per heavy atom. The third-order valence-electron chi connectivity index (χ3n) is 3.62. The second-order valence-corrected chi connectivity index (χ2v) is 7.45. The van der Waals surface area contributed by atoms with E-state index in [1.807, 2.05) is 51.7 Å². The van der Waals surface area contributed by atoms with Gasteiger partial charge in [0.25, 0.3) is 0 Å². The van der Waals surface area contributed by atoms with E-state index in [9.17, 15) is 4.79 Å². The fourth-order valence-corrected chi connectivity index (χ4v) is 2.71. The van der Waals surface area contributed by atoms with E-state index < -0.39 is 5.60 Å². The minimum atomic E-state index is -0.441. The van der Waals surface area contributed by atoms with Gasteiger partial charge in [-0.3, -0.25) is 0 Å². The Hall–Kier alpha value is -1.78. The van der Waals surface area contributed by atoms with Gasteiger partial charge in [0.05, 0.1) is 6.10 Å². The van der Waals surface area contributed by atoms with Gasteiger partial charge in [-0.05, 0) is 65.0 Å². The summed E-state index contributed by atoms with van der Waals surface area (Å²) in [6.07, 6.45) is 3.62. The molecule has 0 aliphatic carbocycles. The number of carbonyl (C=O) groups excluding carboxylic acids is 1. The van der Waals surface area contributed by atoms with E-state index >= 15 is 0 Å². The van der Waals surface area contributed by atoms with Gasteiger partial charge in [0, 0.05) is 25.4 Å². The standard InChI is InChI=1S/C18H28N2O3/c1-13(2)22-16-11-14(6-8-19-16)10-15-7-9-20(12-15)17(21)23-18(3,4)5/h6,8,11,13,15H,7,9-10,12H2,1-5H3/t15-/m1/s1. The lowest BCUT2D eigenvalue weighted by Crippen LogP contribution is -2.35. The van der Waals surface area contributed by atoms with Gasteiger partial charge < -0.3 is 14.4 Å². The largest absolute Gasteiger partial charge is 0.475 e. The van der Waals surface area contributed by atoms with Crippen molar-refractivity contribution in [2.24, 2.45) is 5.92 Å². The number of hydrogen-bond acceptors (Lipinski definition) is 4. The summed E-state index contributed by atoms with van der Waals surface area (Å²) in [4.78, 5) is 18.1. The first-order valence-corrected chi connectivity index (χ1v) is 8.32. The maximum atomic E-state index is 12.1. The molecule has 128 valence electrons. The minimum absolute atomic E-state index is 0.117. The maximum Gasteiger partial charge on any atom is 0.410 e. The van der Waals surface area contributed by atoms with Crippen LogP contribution in [0.1, 0.15) is 46.6 Å². The van der Waals surface area contributed by atoms with Crippen molar-refractivity contribution >= 4 is 6.09 Å². The molecule has 0 radical (unpaired) electrons. The average molecular weight is 320 g/mol. The molecule has 0 spiro atoms. The van der Waals surface area contributed by atoms with Gasteiger partial charge in [-0.2, -0.15) is 0 Å². The van der Waals surface area contributed by atoms with Crippen LogP contribution in [0.15, 0.2) is 18.3 Å². The first-order chi connectivity index (χ1) is 10.7. The van der Waals surface area contributed by atoms with Crippen LogP contribution < -0.4 is 4.74 Å². The van der Waals surface area contributed by atoms with E-state index in [0.29, 0.717) is 11.8 Å². The minimum Gasteiger partial charge on any atom is -0.475 e. The molecule has 1 atom stereocenters. The molecule has 0 aromatic carbocycles. The van der Waals surface area contributed by atoms with Crippen molar-refractivity contribution in [1.82, 2.24) is 9.88 Å². The number of likely N-dealkylation sites (tertiary alicyclic amines) is 1. The zero-order valence-electron chi connectivity index (χ0n) is 14.8. The predicted molar refractivity (Wildman–Crippen MR) is 89.6 cm³/mol. The Kier molecular flexibility index (Phi) is 5.50. The van der Waals surface area contributed by atoms with Crippen molar-refractivity contribution in [3.63, 3.8) is 0 Å². The zero-order chi connectivity index (χ0) is 17.0. The van der Waals surface area contributed by atoms with Gasteiger partial charge >= 0.3 is 6.09 Å². The number of ether oxygens (including phenoxy) is 2. The van der Waals surface area contributed by atoms with Gasteiger partial charge in [0.15, 0.2) is 0 Å². The van der Waals surface area contributed by atoms with Crippen LogP contribution in [0.3, 0.4) is 0 Å². The van der Waals surface area contributed by atoms with Gasteiger partial charge in [-0.15, -0.1) is 0 Å². The monoisotopic (exact) mass is 320 g/mol. The van der Waals surface area contributed by atoms with Crippen LogP contribution >= 0.6 is 0 Å². The Bertz CT molecular complexity index is 537. The number of amides is 1. The van der Waals surface area contributed by atoms with E-state index in [2.05, 4.69) is 4.98 Å². The molecule has 23 heavy (non-hydrogen) atoms. The Balaban J connectivity index is 1.89. The highest BCUT2D eigenvalue weighted by atomic mass is 16.6. The number of pyridine rings is 1. The van der Waals surface area contributed by atoms with E-state index in [-0.39, 0.29) is 12.2 Å². The summed E-state index contributed by atoms with van der Waals surface area (Å²) < 4.78 is 11.1. The summed E-state index contributed by atoms with van der Waals surface area (Å²) in [6, 6.07) is 4.01. The normalized spacial score (nSPS) is 18.3. The van der Waals surface area contributed by atoms with Crippen LogP contribution in [-0.2, 0) is 11.2 Å². The molecule has 1 fully saturated rings. The average Bonchev–Trinajstić information content (AvgIpc) is 2.85. The molecule has 1 amide bonds. The molecule has 2 rings (SSSR count). The first kappa shape index (κ1) is 17.6. The number of rotatable bonds is 4. The summed E-state index contributed by atoms with van der Waals surface area (Å²) in [5.74, 6) is 1.12. The lowest BCUT2D eigenvalue weighted by molar-refractivity contribution is 0.0288. The van der Waals surface area contributed by atoms with E-state index in [0.717, 1.165) is 25.9 Å². The first-order valence-electron chi connectivity index (χ1n) is 8.32. The topological polar surface area (TPSA) is 51.7 Å². The van der Waals surface area contributed by atoms with Crippen molar-refractivity contribution in [1.29, 1.82) is 0 Å². The van der Waals surface area contributed by atoms with Gasteiger partial charge in [0.2, 0.25) is 5.88 Å². The van der Waals surface area contributed by atoms with Gasteiger partial charge in [0.1, 0.15) is 5.60 Å². The SMILES string of the molecule is CC(C)Oc1cc(C[C@H]2CCN(C(=O)OC(C)(C)C)C2)ccn1. The molecule has 1 aromatic rings. The molecule has 1 aliphatic rings. The molecule has 5 nitrogen and oxygen atoms in total. The number of aromatic nitrogens is 1. The molecular formula is C18H28N2O3. The molecular weight excluding hydrogens is 292 g/mol. The zero-order valence-corrected chi connectivity index (χ0v) is 14.8. The highest BCUT2D eigenvalue weighted by Crippen LogP contribution is 2.24. The Morgan fingerprint density at radius 2 is 2.17 bits per heavy atom. The second kappa shape index (κ2) is 7.20.